The Balaban J connectivity index is 1.41. The molecule has 0 unspecified atom stereocenters. The smallest absolute Gasteiger partial charge is 0.238 e. The molecule has 1 N–H and O–H groups in total. The van der Waals surface area contributed by atoms with Gasteiger partial charge in [-0.25, -0.2) is 0 Å². The largest absolute Gasteiger partial charge is 0.454 e. The summed E-state index contributed by atoms with van der Waals surface area (Å²) < 4.78 is 10.6. The number of nitrogens with zero attached hydrogens (tertiary/aromatic N) is 1. The third kappa shape index (κ3) is 3.33. The van der Waals surface area contributed by atoms with Gasteiger partial charge in [-0.3, -0.25) is 9.69 Å². The van der Waals surface area contributed by atoms with Crippen LogP contribution in [0.5, 0.6) is 11.5 Å². The monoisotopic (exact) mass is 338 g/mol. The van der Waals surface area contributed by atoms with Crippen molar-refractivity contribution in [3.8, 4) is 11.5 Å². The van der Waals surface area contributed by atoms with Gasteiger partial charge in [0, 0.05) is 17.8 Å². The molecule has 1 aliphatic carbocycles. The lowest BCUT2D eigenvalue weighted by Crippen LogP contribution is -2.34. The third-order valence-electron chi connectivity index (χ3n) is 4.92. The number of amides is 1. The van der Waals surface area contributed by atoms with Crippen LogP contribution in [0.3, 0.4) is 0 Å². The summed E-state index contributed by atoms with van der Waals surface area (Å²) in [7, 11) is 2.02. The lowest BCUT2D eigenvalue weighted by atomic mass is 9.87. The van der Waals surface area contributed by atoms with E-state index in [2.05, 4.69) is 34.5 Å². The number of carbonyl (C=O) groups excluding carboxylic acids is 1. The summed E-state index contributed by atoms with van der Waals surface area (Å²) in [6, 6.07) is 14.3. The van der Waals surface area contributed by atoms with E-state index in [1.54, 1.807) is 6.07 Å². The first-order valence-corrected chi connectivity index (χ1v) is 8.68. The van der Waals surface area contributed by atoms with Crippen LogP contribution in [-0.2, 0) is 11.2 Å². The quantitative estimate of drug-likeness (QED) is 0.929. The minimum atomic E-state index is -0.0237. The van der Waals surface area contributed by atoms with Gasteiger partial charge < -0.3 is 14.8 Å². The summed E-state index contributed by atoms with van der Waals surface area (Å²) in [5, 5.41) is 2.95. The number of benzene rings is 2. The van der Waals surface area contributed by atoms with Gasteiger partial charge in [-0.15, -0.1) is 0 Å². The maximum absolute atomic E-state index is 12.5. The van der Waals surface area contributed by atoms with Gasteiger partial charge >= 0.3 is 0 Å². The van der Waals surface area contributed by atoms with Gasteiger partial charge in [0.2, 0.25) is 12.7 Å². The zero-order valence-corrected chi connectivity index (χ0v) is 14.3. The van der Waals surface area contributed by atoms with Gasteiger partial charge in [0.15, 0.2) is 11.5 Å². The first kappa shape index (κ1) is 16.0. The van der Waals surface area contributed by atoms with Crippen LogP contribution in [0.1, 0.15) is 30.0 Å². The Hall–Kier alpha value is -2.53. The van der Waals surface area contributed by atoms with Gasteiger partial charge in [0.1, 0.15) is 0 Å². The van der Waals surface area contributed by atoms with Crippen LogP contribution in [0.15, 0.2) is 42.5 Å². The van der Waals surface area contributed by atoms with Gasteiger partial charge in [-0.05, 0) is 49.6 Å². The molecule has 130 valence electrons. The molecular formula is C20H22N2O3. The Morgan fingerprint density at radius 1 is 1.20 bits per heavy atom. The number of nitrogens with one attached hydrogen (secondary N) is 1. The molecule has 0 aromatic heterocycles. The molecule has 2 aliphatic rings. The SMILES string of the molecule is CN(CC(=O)Nc1ccc2c(c1)OCO2)[C@@H]1CCCc2ccccc21. The Bertz CT molecular complexity index is 790. The summed E-state index contributed by atoms with van der Waals surface area (Å²) in [6.07, 6.45) is 3.38. The lowest BCUT2D eigenvalue weighted by Gasteiger charge is -2.32. The molecule has 2 aromatic rings. The van der Waals surface area contributed by atoms with Crippen LogP contribution in [0.2, 0.25) is 0 Å². The Kier molecular flexibility index (Phi) is 4.32. The molecule has 0 saturated carbocycles. The van der Waals surface area contributed by atoms with Crippen molar-refractivity contribution in [1.29, 1.82) is 0 Å². The standard InChI is InChI=1S/C20H22N2O3/c1-22(17-8-4-6-14-5-2-3-7-16(14)17)12-20(23)21-15-9-10-18-19(11-15)25-13-24-18/h2-3,5,7,9-11,17H,4,6,8,12-13H2,1H3,(H,21,23)/t17-/m1/s1. The molecule has 5 heteroatoms. The molecule has 4 rings (SSSR count). The van der Waals surface area contributed by atoms with E-state index in [1.807, 2.05) is 19.2 Å². The van der Waals surface area contributed by atoms with E-state index in [1.165, 1.54) is 11.1 Å². The maximum Gasteiger partial charge on any atom is 0.238 e. The minimum absolute atomic E-state index is 0.0237. The second kappa shape index (κ2) is 6.76. The molecule has 5 nitrogen and oxygen atoms in total. The van der Waals surface area contributed by atoms with Crippen molar-refractivity contribution < 1.29 is 14.3 Å². The lowest BCUT2D eigenvalue weighted by molar-refractivity contribution is -0.117. The average Bonchev–Trinajstić information content (AvgIpc) is 3.08. The fraction of sp³-hybridized carbons (Fsp3) is 0.350. The number of anilines is 1. The fourth-order valence-electron chi connectivity index (χ4n) is 3.70. The topological polar surface area (TPSA) is 50.8 Å². The van der Waals surface area contributed by atoms with Gasteiger partial charge in [0.25, 0.3) is 0 Å². The second-order valence-corrected chi connectivity index (χ2v) is 6.64. The van der Waals surface area contributed by atoms with Crippen molar-refractivity contribution in [3.63, 3.8) is 0 Å². The summed E-state index contributed by atoms with van der Waals surface area (Å²) in [5.74, 6) is 1.37. The molecular weight excluding hydrogens is 316 g/mol. The zero-order valence-electron chi connectivity index (χ0n) is 14.3. The number of likely N-dealkylation sites (N-methyl/N-ethyl adjacent to an activating group) is 1. The summed E-state index contributed by atoms with van der Waals surface area (Å²) in [6.45, 7) is 0.587. The predicted molar refractivity (Wildman–Crippen MR) is 95.9 cm³/mol. The van der Waals surface area contributed by atoms with E-state index >= 15 is 0 Å². The average molecular weight is 338 g/mol. The number of hydrogen-bond donors (Lipinski definition) is 1. The summed E-state index contributed by atoms with van der Waals surface area (Å²) in [5.41, 5.74) is 3.49. The molecule has 2 aromatic carbocycles. The molecule has 0 saturated heterocycles. The molecule has 0 spiro atoms. The highest BCUT2D eigenvalue weighted by Gasteiger charge is 2.24. The number of rotatable bonds is 4. The molecule has 25 heavy (non-hydrogen) atoms. The highest BCUT2D eigenvalue weighted by molar-refractivity contribution is 5.92. The van der Waals surface area contributed by atoms with Crippen LogP contribution in [0, 0.1) is 0 Å². The number of aryl methyl sites for hydroxylation is 1. The maximum atomic E-state index is 12.5. The summed E-state index contributed by atoms with van der Waals surface area (Å²) in [4.78, 5) is 14.6. The van der Waals surface area contributed by atoms with Gasteiger partial charge in [-0.1, -0.05) is 24.3 Å². The van der Waals surface area contributed by atoms with Crippen molar-refractivity contribution in [2.45, 2.75) is 25.3 Å². The zero-order chi connectivity index (χ0) is 17.2. The second-order valence-electron chi connectivity index (χ2n) is 6.64. The van der Waals surface area contributed by atoms with Crippen molar-refractivity contribution >= 4 is 11.6 Å². The highest BCUT2D eigenvalue weighted by atomic mass is 16.7. The van der Waals surface area contributed by atoms with E-state index in [9.17, 15) is 4.79 Å². The molecule has 1 aliphatic heterocycles. The van der Waals surface area contributed by atoms with Gasteiger partial charge in [-0.2, -0.15) is 0 Å². The third-order valence-corrected chi connectivity index (χ3v) is 4.92. The number of carbonyl (C=O) groups is 1. The Labute approximate surface area is 147 Å². The van der Waals surface area contributed by atoms with E-state index in [-0.39, 0.29) is 12.7 Å². The van der Waals surface area contributed by atoms with Crippen molar-refractivity contribution in [3.05, 3.63) is 53.6 Å². The Morgan fingerprint density at radius 2 is 2.04 bits per heavy atom. The molecule has 1 heterocycles. The number of hydrogen-bond acceptors (Lipinski definition) is 4. The molecule has 0 bridgehead atoms. The first-order chi connectivity index (χ1) is 12.2. The first-order valence-electron chi connectivity index (χ1n) is 8.68. The Morgan fingerprint density at radius 3 is 2.96 bits per heavy atom. The minimum Gasteiger partial charge on any atom is -0.454 e. The molecule has 0 fully saturated rings. The van der Waals surface area contributed by atoms with Crippen LogP contribution in [0.25, 0.3) is 0 Å². The number of ether oxygens (including phenoxy) is 2. The van der Waals surface area contributed by atoms with Crippen LogP contribution < -0.4 is 14.8 Å². The normalized spacial score (nSPS) is 18.1. The number of fused-ring (bicyclic) bond motifs is 2. The van der Waals surface area contributed by atoms with E-state index in [0.29, 0.717) is 24.1 Å². The fourth-order valence-corrected chi connectivity index (χ4v) is 3.70. The van der Waals surface area contributed by atoms with E-state index in [0.717, 1.165) is 24.9 Å². The van der Waals surface area contributed by atoms with Gasteiger partial charge in [0.05, 0.1) is 6.54 Å². The summed E-state index contributed by atoms with van der Waals surface area (Å²) >= 11 is 0. The van der Waals surface area contributed by atoms with Crippen LogP contribution in [-0.4, -0.2) is 31.2 Å². The highest BCUT2D eigenvalue weighted by Crippen LogP contribution is 2.35. The van der Waals surface area contributed by atoms with Crippen LogP contribution in [0.4, 0.5) is 5.69 Å². The van der Waals surface area contributed by atoms with Crippen molar-refractivity contribution in [2.24, 2.45) is 0 Å². The van der Waals surface area contributed by atoms with Crippen LogP contribution >= 0.6 is 0 Å². The molecule has 1 atom stereocenters. The molecule has 1 amide bonds. The van der Waals surface area contributed by atoms with E-state index in [4.69, 9.17) is 9.47 Å². The van der Waals surface area contributed by atoms with Crippen molar-refractivity contribution in [2.75, 3.05) is 25.7 Å². The van der Waals surface area contributed by atoms with E-state index < -0.39 is 0 Å². The predicted octanol–water partition coefficient (Wildman–Crippen LogP) is 3.36. The molecule has 0 radical (unpaired) electrons. The van der Waals surface area contributed by atoms with Crippen molar-refractivity contribution in [1.82, 2.24) is 4.90 Å².